The maximum atomic E-state index is 12.0. The molecule has 6 N–H and O–H groups in total. The maximum Gasteiger partial charge on any atom is 0.322 e. The van der Waals surface area contributed by atoms with Crippen LogP contribution in [-0.4, -0.2) is 79.7 Å². The van der Waals surface area contributed by atoms with Gasteiger partial charge in [-0.3, -0.25) is 18.9 Å². The van der Waals surface area contributed by atoms with Crippen LogP contribution in [-0.2, 0) is 30.5 Å². The summed E-state index contributed by atoms with van der Waals surface area (Å²) < 4.78 is 23.1. The van der Waals surface area contributed by atoms with Crippen molar-refractivity contribution in [3.8, 4) is 0 Å². The summed E-state index contributed by atoms with van der Waals surface area (Å²) in [5, 5.41) is 9.65. The molecule has 0 amide bonds. The Labute approximate surface area is 163 Å². The van der Waals surface area contributed by atoms with E-state index in [1.165, 1.54) is 18.0 Å². The van der Waals surface area contributed by atoms with Gasteiger partial charge in [-0.2, -0.15) is 4.98 Å². The van der Waals surface area contributed by atoms with Gasteiger partial charge in [-0.15, -0.1) is 0 Å². The van der Waals surface area contributed by atoms with Crippen LogP contribution < -0.4 is 11.3 Å². The van der Waals surface area contributed by atoms with Crippen LogP contribution in [0.1, 0.15) is 6.23 Å². The summed E-state index contributed by atoms with van der Waals surface area (Å²) in [4.78, 5) is 41.6. The quantitative estimate of drug-likeness (QED) is 0.231. The Morgan fingerprint density at radius 3 is 2.82 bits per heavy atom. The fourth-order valence-electron chi connectivity index (χ4n) is 2.94. The van der Waals surface area contributed by atoms with Gasteiger partial charge in [-0.25, -0.2) is 4.98 Å². The Morgan fingerprint density at radius 2 is 2.18 bits per heavy atom. The Balaban J connectivity index is 2.02. The van der Waals surface area contributed by atoms with E-state index < -0.39 is 43.4 Å². The number of aromatic nitrogens is 4. The molecule has 0 aromatic carbocycles. The Morgan fingerprint density at radius 1 is 1.43 bits per heavy atom. The van der Waals surface area contributed by atoms with Gasteiger partial charge in [0.2, 0.25) is 5.95 Å². The van der Waals surface area contributed by atoms with Crippen molar-refractivity contribution in [1.82, 2.24) is 19.5 Å². The van der Waals surface area contributed by atoms with Crippen molar-refractivity contribution < 1.29 is 33.6 Å². The first-order valence-corrected chi connectivity index (χ1v) is 10.7. The number of aliphatic hydroxyl groups excluding tert-OH is 1. The summed E-state index contributed by atoms with van der Waals surface area (Å²) in [6.45, 7) is -4.25. The summed E-state index contributed by atoms with van der Waals surface area (Å²) in [7, 11) is 1.49. The van der Waals surface area contributed by atoms with Gasteiger partial charge >= 0.3 is 6.72 Å². The fourth-order valence-corrected chi connectivity index (χ4v) is 3.81. The smallest absolute Gasteiger partial charge is 0.322 e. The van der Waals surface area contributed by atoms with Crippen molar-refractivity contribution >= 4 is 35.6 Å². The molecule has 2 aromatic heterocycles. The molecule has 28 heavy (non-hydrogen) atoms. The number of aromatic amines is 1. The molecule has 15 heteroatoms. The number of nitrogen functional groups attached to an aromatic ring is 1. The number of imidazole rings is 1. The largest absolute Gasteiger partial charge is 0.394 e. The zero-order chi connectivity index (χ0) is 20.5. The van der Waals surface area contributed by atoms with Crippen molar-refractivity contribution in [2.24, 2.45) is 0 Å². The Hall–Kier alpha value is -1.48. The van der Waals surface area contributed by atoms with Crippen LogP contribution in [0.3, 0.4) is 0 Å². The molecule has 2 aromatic rings. The summed E-state index contributed by atoms with van der Waals surface area (Å²) in [6.07, 6.45) is -2.72. The number of rotatable bonds is 8. The zero-order valence-electron chi connectivity index (χ0n) is 14.7. The van der Waals surface area contributed by atoms with E-state index in [1.807, 2.05) is 0 Å². The second kappa shape index (κ2) is 8.49. The fraction of sp³-hybridized carbons (Fsp3) is 0.615. The highest BCUT2D eigenvalue weighted by atomic mass is 32.5. The third-order valence-corrected chi connectivity index (χ3v) is 4.82. The summed E-state index contributed by atoms with van der Waals surface area (Å²) >= 11 is 4.55. The number of nitrogens with two attached hydrogens (primary N) is 1. The molecule has 0 bridgehead atoms. The van der Waals surface area contributed by atoms with Crippen molar-refractivity contribution in [2.75, 3.05) is 32.7 Å². The number of fused-ring (bicyclic) bond motifs is 1. The van der Waals surface area contributed by atoms with Gasteiger partial charge in [0.1, 0.15) is 18.3 Å². The van der Waals surface area contributed by atoms with E-state index in [0.29, 0.717) is 0 Å². The van der Waals surface area contributed by atoms with Crippen LogP contribution in [0.15, 0.2) is 11.1 Å². The average molecular weight is 437 g/mol. The number of nitrogens with zero attached hydrogens (tertiary/aromatic N) is 3. The highest BCUT2D eigenvalue weighted by molar-refractivity contribution is 8.06. The number of nitrogens with one attached hydrogen (secondary N) is 1. The maximum absolute atomic E-state index is 12.0. The summed E-state index contributed by atoms with van der Waals surface area (Å²) in [5.41, 5.74) is 5.22. The number of H-pyrrole nitrogens is 1. The van der Waals surface area contributed by atoms with Crippen molar-refractivity contribution in [3.05, 3.63) is 16.7 Å². The van der Waals surface area contributed by atoms with Gasteiger partial charge in [0.25, 0.3) is 5.56 Å². The van der Waals surface area contributed by atoms with E-state index in [2.05, 4.69) is 26.8 Å². The molecule has 0 radical (unpaired) electrons. The molecular formula is C13H20N5O8PS. The van der Waals surface area contributed by atoms with Crippen LogP contribution in [0.4, 0.5) is 5.95 Å². The predicted molar refractivity (Wildman–Crippen MR) is 98.8 cm³/mol. The second-order valence-electron chi connectivity index (χ2n) is 5.91. The van der Waals surface area contributed by atoms with Gasteiger partial charge in [-0.1, -0.05) is 0 Å². The second-order valence-corrected chi connectivity index (χ2v) is 8.53. The van der Waals surface area contributed by atoms with Gasteiger partial charge < -0.3 is 34.8 Å². The molecule has 0 aliphatic carbocycles. The minimum atomic E-state index is -4.09. The number of hydrogen-bond donors (Lipinski definition) is 5. The molecule has 0 saturated carbocycles. The highest BCUT2D eigenvalue weighted by Crippen LogP contribution is 2.45. The molecule has 13 nitrogen and oxygen atoms in total. The molecule has 0 unspecified atom stereocenters. The van der Waals surface area contributed by atoms with E-state index >= 15 is 0 Å². The minimum absolute atomic E-state index is 0.0211. The van der Waals surface area contributed by atoms with E-state index in [9.17, 15) is 19.7 Å². The predicted octanol–water partition coefficient (Wildman–Crippen LogP) is -1.78. The molecule has 3 heterocycles. The minimum Gasteiger partial charge on any atom is -0.394 e. The molecule has 1 fully saturated rings. The Bertz CT molecular complexity index is 931. The third-order valence-electron chi connectivity index (χ3n) is 4.05. The molecule has 156 valence electrons. The molecule has 1 aliphatic rings. The summed E-state index contributed by atoms with van der Waals surface area (Å²) in [5.74, 6) is -0.123. The van der Waals surface area contributed by atoms with E-state index in [0.717, 1.165) is 0 Å². The normalized spacial score (nSPS) is 25.6. The van der Waals surface area contributed by atoms with Gasteiger partial charge in [0, 0.05) is 7.11 Å². The van der Waals surface area contributed by atoms with Crippen LogP contribution in [0.2, 0.25) is 0 Å². The molecule has 1 saturated heterocycles. The van der Waals surface area contributed by atoms with Crippen LogP contribution in [0.25, 0.3) is 11.2 Å². The van der Waals surface area contributed by atoms with Crippen LogP contribution in [0.5, 0.6) is 0 Å². The van der Waals surface area contributed by atoms with Crippen molar-refractivity contribution in [1.29, 1.82) is 0 Å². The van der Waals surface area contributed by atoms with E-state index in [1.54, 1.807) is 0 Å². The number of aliphatic hydroxyl groups is 1. The first-order valence-electron chi connectivity index (χ1n) is 8.08. The molecule has 0 spiro atoms. The number of hydrogen-bond acceptors (Lipinski definition) is 10. The lowest BCUT2D eigenvalue weighted by Gasteiger charge is -2.25. The molecular weight excluding hydrogens is 417 g/mol. The average Bonchev–Trinajstić information content (AvgIpc) is 3.15. The number of anilines is 1. The number of ether oxygens (including phenoxy) is 3. The van der Waals surface area contributed by atoms with E-state index in [4.69, 9.17) is 24.5 Å². The standard InChI is InChI=1S/C13H20N5O8PS/c1-23-2-3-24-9-8(26-27(21,22)28)6(4-19)25-12(9)18-5-15-7-10(18)16-13(14)17-11(7)20/h5-6,8-9,12,19H,2-4H2,1H3,(H2,21,22,28)(H3,14,16,17,20)/t6-,8-,9-,12-/m1/s1. The van der Waals surface area contributed by atoms with Gasteiger partial charge in [-0.05, 0) is 11.8 Å². The topological polar surface area (TPSA) is 187 Å². The molecule has 3 rings (SSSR count). The highest BCUT2D eigenvalue weighted by Gasteiger charge is 2.49. The first kappa shape index (κ1) is 21.2. The molecule has 4 atom stereocenters. The lowest BCUT2D eigenvalue weighted by molar-refractivity contribution is -0.0777. The zero-order valence-corrected chi connectivity index (χ0v) is 16.4. The summed E-state index contributed by atoms with van der Waals surface area (Å²) in [6, 6.07) is 0. The lowest BCUT2D eigenvalue weighted by atomic mass is 10.1. The number of methoxy groups -OCH3 is 1. The monoisotopic (exact) mass is 437 g/mol. The van der Waals surface area contributed by atoms with Gasteiger partial charge in [0.05, 0.1) is 26.1 Å². The van der Waals surface area contributed by atoms with Crippen molar-refractivity contribution in [2.45, 2.75) is 24.5 Å². The van der Waals surface area contributed by atoms with Crippen LogP contribution in [0, 0.1) is 0 Å². The first-order chi connectivity index (χ1) is 13.2. The molecule has 1 aliphatic heterocycles. The SMILES string of the molecule is COCCO[C@@H]1[C@H](OP(O)(O)=S)[C@@H](CO)O[C@H]1n1cnc2c(=O)[nH]c(N)nc21. The lowest BCUT2D eigenvalue weighted by Crippen LogP contribution is -2.38. The Kier molecular flexibility index (Phi) is 6.44. The van der Waals surface area contributed by atoms with Crippen molar-refractivity contribution in [3.63, 3.8) is 0 Å². The van der Waals surface area contributed by atoms with Gasteiger partial charge in [0.15, 0.2) is 17.4 Å². The van der Waals surface area contributed by atoms with E-state index in [-0.39, 0.29) is 30.3 Å². The van der Waals surface area contributed by atoms with Crippen LogP contribution >= 0.6 is 6.72 Å². The third kappa shape index (κ3) is 4.40.